The Morgan fingerprint density at radius 3 is 2.62 bits per heavy atom. The van der Waals surface area contributed by atoms with Crippen molar-refractivity contribution in [3.63, 3.8) is 0 Å². The van der Waals surface area contributed by atoms with Gasteiger partial charge >= 0.3 is 0 Å². The van der Waals surface area contributed by atoms with Crippen LogP contribution >= 0.6 is 0 Å². The zero-order chi connectivity index (χ0) is 9.68. The first-order valence-corrected chi connectivity index (χ1v) is 4.72. The van der Waals surface area contributed by atoms with E-state index in [-0.39, 0.29) is 12.5 Å². The number of benzene rings is 1. The minimum Gasteiger partial charge on any atom is -0.396 e. The number of aliphatic hydroxyl groups is 1. The number of rotatable bonds is 4. The first-order chi connectivity index (χ1) is 6.33. The molecule has 1 atom stereocenters. The average molecular weight is 179 g/mol. The Morgan fingerprint density at radius 2 is 2.08 bits per heavy atom. The maximum atomic E-state index is 9.12. The van der Waals surface area contributed by atoms with Gasteiger partial charge in [-0.15, -0.1) is 0 Å². The average Bonchev–Trinajstić information content (AvgIpc) is 2.20. The molecule has 0 heterocycles. The normalized spacial score (nSPS) is 12.8. The topological polar surface area (TPSA) is 46.2 Å². The van der Waals surface area contributed by atoms with Gasteiger partial charge in [0.05, 0.1) is 6.61 Å². The molecule has 0 fully saturated rings. The summed E-state index contributed by atoms with van der Waals surface area (Å²) in [6.45, 7) is 2.75. The number of hydrogen-bond donors (Lipinski definition) is 2. The van der Waals surface area contributed by atoms with Crippen LogP contribution in [0.5, 0.6) is 0 Å². The van der Waals surface area contributed by atoms with Gasteiger partial charge in [0.15, 0.2) is 0 Å². The van der Waals surface area contributed by atoms with E-state index in [1.165, 1.54) is 11.1 Å². The Bertz CT molecular complexity index is 256. The van der Waals surface area contributed by atoms with E-state index in [1.807, 2.05) is 18.2 Å². The molecule has 0 amide bonds. The molecule has 0 saturated carbocycles. The van der Waals surface area contributed by atoms with Crippen molar-refractivity contribution in [1.29, 1.82) is 0 Å². The number of nitrogens with two attached hydrogens (primary N) is 1. The second-order valence-corrected chi connectivity index (χ2v) is 3.17. The summed E-state index contributed by atoms with van der Waals surface area (Å²) in [5, 5.41) is 9.12. The fourth-order valence-electron chi connectivity index (χ4n) is 1.55. The molecule has 13 heavy (non-hydrogen) atoms. The highest BCUT2D eigenvalue weighted by Gasteiger charge is 2.10. The van der Waals surface area contributed by atoms with Gasteiger partial charge in [-0.25, -0.2) is 0 Å². The van der Waals surface area contributed by atoms with Crippen molar-refractivity contribution in [2.75, 3.05) is 13.2 Å². The van der Waals surface area contributed by atoms with Crippen LogP contribution in [0.15, 0.2) is 24.3 Å². The summed E-state index contributed by atoms with van der Waals surface area (Å²) in [4.78, 5) is 0. The second kappa shape index (κ2) is 5.00. The Morgan fingerprint density at radius 1 is 1.38 bits per heavy atom. The Hall–Kier alpha value is -0.860. The smallest absolute Gasteiger partial charge is 0.0512 e. The predicted molar refractivity (Wildman–Crippen MR) is 54.7 cm³/mol. The number of hydrogen-bond acceptors (Lipinski definition) is 2. The fraction of sp³-hybridized carbons (Fsp3) is 0.455. The first kappa shape index (κ1) is 10.2. The quantitative estimate of drug-likeness (QED) is 0.731. The molecule has 3 N–H and O–H groups in total. The van der Waals surface area contributed by atoms with Crippen LogP contribution in [0.3, 0.4) is 0 Å². The van der Waals surface area contributed by atoms with Crippen LogP contribution in [0.25, 0.3) is 0 Å². The fourth-order valence-corrected chi connectivity index (χ4v) is 1.55. The SMILES string of the molecule is CCc1ccccc1C(CN)CO. The van der Waals surface area contributed by atoms with Crippen molar-refractivity contribution in [2.24, 2.45) is 5.73 Å². The molecule has 1 unspecified atom stereocenters. The summed E-state index contributed by atoms with van der Waals surface area (Å²) in [6, 6.07) is 8.15. The van der Waals surface area contributed by atoms with Crippen LogP contribution in [0.4, 0.5) is 0 Å². The lowest BCUT2D eigenvalue weighted by atomic mass is 9.94. The molecule has 2 nitrogen and oxygen atoms in total. The molecule has 0 bridgehead atoms. The zero-order valence-electron chi connectivity index (χ0n) is 8.03. The van der Waals surface area contributed by atoms with Crippen LogP contribution in [-0.4, -0.2) is 18.3 Å². The van der Waals surface area contributed by atoms with E-state index in [1.54, 1.807) is 0 Å². The standard InChI is InChI=1S/C11H17NO/c1-2-9-5-3-4-6-11(9)10(7-12)8-13/h3-6,10,13H,2,7-8,12H2,1H3. The third-order valence-electron chi connectivity index (χ3n) is 2.38. The van der Waals surface area contributed by atoms with Gasteiger partial charge in [-0.05, 0) is 17.5 Å². The highest BCUT2D eigenvalue weighted by molar-refractivity contribution is 5.30. The Labute approximate surface area is 79.4 Å². The van der Waals surface area contributed by atoms with Gasteiger partial charge in [0, 0.05) is 12.5 Å². The zero-order valence-corrected chi connectivity index (χ0v) is 8.03. The van der Waals surface area contributed by atoms with Crippen molar-refractivity contribution in [2.45, 2.75) is 19.3 Å². The van der Waals surface area contributed by atoms with E-state index in [0.29, 0.717) is 6.54 Å². The Kier molecular flexibility index (Phi) is 3.93. The number of aliphatic hydroxyl groups excluding tert-OH is 1. The summed E-state index contributed by atoms with van der Waals surface area (Å²) in [7, 11) is 0. The molecule has 0 aromatic heterocycles. The molecule has 1 aromatic rings. The van der Waals surface area contributed by atoms with Gasteiger partial charge in [0.1, 0.15) is 0 Å². The molecule has 0 saturated heterocycles. The summed E-state index contributed by atoms with van der Waals surface area (Å²) in [6.07, 6.45) is 0.993. The lowest BCUT2D eigenvalue weighted by Crippen LogP contribution is -2.17. The van der Waals surface area contributed by atoms with Crippen molar-refractivity contribution in [3.05, 3.63) is 35.4 Å². The highest BCUT2D eigenvalue weighted by Crippen LogP contribution is 2.19. The molecular weight excluding hydrogens is 162 g/mol. The summed E-state index contributed by atoms with van der Waals surface area (Å²) >= 11 is 0. The van der Waals surface area contributed by atoms with Gasteiger partial charge < -0.3 is 10.8 Å². The van der Waals surface area contributed by atoms with Crippen LogP contribution in [0, 0.1) is 0 Å². The molecule has 0 radical (unpaired) electrons. The van der Waals surface area contributed by atoms with Gasteiger partial charge in [0.2, 0.25) is 0 Å². The Balaban J connectivity index is 2.96. The van der Waals surface area contributed by atoms with Crippen molar-refractivity contribution in [1.82, 2.24) is 0 Å². The molecule has 0 aliphatic heterocycles. The van der Waals surface area contributed by atoms with Crippen molar-refractivity contribution < 1.29 is 5.11 Å². The van der Waals surface area contributed by atoms with Gasteiger partial charge in [-0.2, -0.15) is 0 Å². The minimum absolute atomic E-state index is 0.0937. The maximum Gasteiger partial charge on any atom is 0.0512 e. The third-order valence-corrected chi connectivity index (χ3v) is 2.38. The summed E-state index contributed by atoms with van der Waals surface area (Å²) in [5.74, 6) is 0.0937. The van der Waals surface area contributed by atoms with Gasteiger partial charge in [0.25, 0.3) is 0 Å². The molecule has 1 rings (SSSR count). The molecular formula is C11H17NO. The van der Waals surface area contributed by atoms with E-state index in [0.717, 1.165) is 6.42 Å². The molecule has 0 aliphatic rings. The molecule has 72 valence electrons. The monoisotopic (exact) mass is 179 g/mol. The molecule has 0 spiro atoms. The van der Waals surface area contributed by atoms with E-state index in [2.05, 4.69) is 13.0 Å². The third kappa shape index (κ3) is 2.29. The molecule has 0 aliphatic carbocycles. The van der Waals surface area contributed by atoms with E-state index in [9.17, 15) is 0 Å². The van der Waals surface area contributed by atoms with Gasteiger partial charge in [-0.1, -0.05) is 31.2 Å². The predicted octanol–water partition coefficient (Wildman–Crippen LogP) is 1.28. The number of aryl methyl sites for hydroxylation is 1. The molecule has 2 heteroatoms. The summed E-state index contributed by atoms with van der Waals surface area (Å²) in [5.41, 5.74) is 8.05. The maximum absolute atomic E-state index is 9.12. The van der Waals surface area contributed by atoms with Crippen LogP contribution in [-0.2, 0) is 6.42 Å². The lowest BCUT2D eigenvalue weighted by Gasteiger charge is -2.15. The second-order valence-electron chi connectivity index (χ2n) is 3.17. The van der Waals surface area contributed by atoms with E-state index >= 15 is 0 Å². The first-order valence-electron chi connectivity index (χ1n) is 4.72. The van der Waals surface area contributed by atoms with Crippen LogP contribution < -0.4 is 5.73 Å². The van der Waals surface area contributed by atoms with Crippen molar-refractivity contribution in [3.8, 4) is 0 Å². The van der Waals surface area contributed by atoms with E-state index in [4.69, 9.17) is 10.8 Å². The van der Waals surface area contributed by atoms with Crippen molar-refractivity contribution >= 4 is 0 Å². The van der Waals surface area contributed by atoms with Gasteiger partial charge in [-0.3, -0.25) is 0 Å². The highest BCUT2D eigenvalue weighted by atomic mass is 16.3. The van der Waals surface area contributed by atoms with E-state index < -0.39 is 0 Å². The van der Waals surface area contributed by atoms with Crippen LogP contribution in [0.2, 0.25) is 0 Å². The molecule has 1 aromatic carbocycles. The lowest BCUT2D eigenvalue weighted by molar-refractivity contribution is 0.267. The summed E-state index contributed by atoms with van der Waals surface area (Å²) < 4.78 is 0. The van der Waals surface area contributed by atoms with Crippen LogP contribution in [0.1, 0.15) is 24.0 Å². The largest absolute Gasteiger partial charge is 0.396 e. The minimum atomic E-state index is 0.0937.